The fourth-order valence-corrected chi connectivity index (χ4v) is 4.80. The predicted octanol–water partition coefficient (Wildman–Crippen LogP) is 4.54. The van der Waals surface area contributed by atoms with Crippen molar-refractivity contribution in [2.24, 2.45) is 0 Å². The number of rotatable bonds is 8. The normalized spacial score (nSPS) is 11.2. The number of nitrogens with one attached hydrogen (secondary N) is 1. The van der Waals surface area contributed by atoms with E-state index in [1.807, 2.05) is 36.6 Å². The maximum absolute atomic E-state index is 12.8. The van der Waals surface area contributed by atoms with E-state index in [-0.39, 0.29) is 5.91 Å². The Kier molecular flexibility index (Phi) is 5.96. The highest BCUT2D eigenvalue weighted by atomic mass is 32.2. The molecule has 0 radical (unpaired) electrons. The van der Waals surface area contributed by atoms with Gasteiger partial charge < -0.3 is 14.3 Å². The molecule has 29 heavy (non-hydrogen) atoms. The number of nitrogens with zero attached hydrogens (tertiary/aromatic N) is 3. The van der Waals surface area contributed by atoms with Crippen LogP contribution in [0.2, 0.25) is 0 Å². The number of amides is 1. The van der Waals surface area contributed by atoms with Gasteiger partial charge in [0, 0.05) is 40.7 Å². The van der Waals surface area contributed by atoms with Crippen LogP contribution in [0.1, 0.15) is 39.9 Å². The molecule has 9 heteroatoms. The van der Waals surface area contributed by atoms with E-state index in [1.54, 1.807) is 30.0 Å². The van der Waals surface area contributed by atoms with Gasteiger partial charge in [-0.3, -0.25) is 4.79 Å². The predicted molar refractivity (Wildman–Crippen MR) is 112 cm³/mol. The molecular weight excluding hydrogens is 408 g/mol. The molecule has 3 heterocycles. The molecule has 1 aromatic carbocycles. The minimum atomic E-state index is -0.214. The number of para-hydroxylation sites is 1. The van der Waals surface area contributed by atoms with Gasteiger partial charge in [0.25, 0.3) is 5.91 Å². The molecule has 0 aliphatic carbocycles. The number of thioether (sulfide) groups is 1. The number of thiazole rings is 1. The van der Waals surface area contributed by atoms with E-state index in [0.29, 0.717) is 48.2 Å². The van der Waals surface area contributed by atoms with Gasteiger partial charge in [0.15, 0.2) is 11.6 Å². The van der Waals surface area contributed by atoms with Gasteiger partial charge in [-0.1, -0.05) is 35.1 Å². The van der Waals surface area contributed by atoms with Crippen LogP contribution in [-0.2, 0) is 12.2 Å². The van der Waals surface area contributed by atoms with Crippen molar-refractivity contribution in [3.63, 3.8) is 0 Å². The molecule has 0 unspecified atom stereocenters. The van der Waals surface area contributed by atoms with E-state index < -0.39 is 0 Å². The Labute approximate surface area is 175 Å². The monoisotopic (exact) mass is 428 g/mol. The minimum Gasteiger partial charge on any atom is -0.451 e. The van der Waals surface area contributed by atoms with Gasteiger partial charge in [0.1, 0.15) is 9.92 Å². The Morgan fingerprint density at radius 1 is 1.24 bits per heavy atom. The van der Waals surface area contributed by atoms with Gasteiger partial charge in [-0.2, -0.15) is 4.98 Å². The molecule has 4 aromatic rings. The van der Waals surface area contributed by atoms with Crippen molar-refractivity contribution < 1.29 is 13.7 Å². The van der Waals surface area contributed by atoms with Crippen LogP contribution in [0.5, 0.6) is 0 Å². The summed E-state index contributed by atoms with van der Waals surface area (Å²) in [5.74, 6) is 1.96. The molecule has 3 aromatic heterocycles. The largest absolute Gasteiger partial charge is 0.451 e. The number of furan rings is 1. The molecule has 150 valence electrons. The maximum Gasteiger partial charge on any atom is 0.287 e. The van der Waals surface area contributed by atoms with Gasteiger partial charge in [-0.15, -0.1) is 11.3 Å². The van der Waals surface area contributed by atoms with Crippen LogP contribution < -0.4 is 5.32 Å². The number of benzene rings is 1. The second-order valence-corrected chi connectivity index (χ2v) is 8.62. The molecule has 0 aliphatic heterocycles. The summed E-state index contributed by atoms with van der Waals surface area (Å²) < 4.78 is 12.0. The van der Waals surface area contributed by atoms with Gasteiger partial charge in [-0.25, -0.2) is 4.98 Å². The third-order valence-electron chi connectivity index (χ3n) is 4.27. The van der Waals surface area contributed by atoms with Crippen LogP contribution in [0, 0.1) is 13.8 Å². The van der Waals surface area contributed by atoms with Crippen LogP contribution in [0.3, 0.4) is 0 Å². The Morgan fingerprint density at radius 3 is 2.86 bits per heavy atom. The second kappa shape index (κ2) is 8.79. The highest BCUT2D eigenvalue weighted by Gasteiger charge is 2.20. The van der Waals surface area contributed by atoms with Crippen molar-refractivity contribution in [1.29, 1.82) is 0 Å². The van der Waals surface area contributed by atoms with E-state index in [0.717, 1.165) is 21.0 Å². The van der Waals surface area contributed by atoms with Crippen LogP contribution in [-0.4, -0.2) is 27.6 Å². The smallest absolute Gasteiger partial charge is 0.287 e. The molecule has 7 nitrogen and oxygen atoms in total. The Bertz CT molecular complexity index is 1130. The lowest BCUT2D eigenvalue weighted by molar-refractivity contribution is 0.0926. The Morgan fingerprint density at radius 2 is 2.10 bits per heavy atom. The molecule has 4 rings (SSSR count). The summed E-state index contributed by atoms with van der Waals surface area (Å²) in [4.78, 5) is 21.4. The van der Waals surface area contributed by atoms with Crippen molar-refractivity contribution in [3.05, 3.63) is 58.4 Å². The van der Waals surface area contributed by atoms with Crippen LogP contribution in [0.4, 0.5) is 0 Å². The van der Waals surface area contributed by atoms with Crippen molar-refractivity contribution in [1.82, 2.24) is 20.4 Å². The molecule has 0 fully saturated rings. The lowest BCUT2D eigenvalue weighted by atomic mass is 10.1. The first-order valence-corrected chi connectivity index (χ1v) is 11.1. The highest BCUT2D eigenvalue weighted by Crippen LogP contribution is 2.33. The third kappa shape index (κ3) is 4.68. The Hall–Kier alpha value is -2.65. The Balaban J connectivity index is 1.44. The van der Waals surface area contributed by atoms with E-state index in [1.165, 1.54) is 0 Å². The zero-order valence-electron chi connectivity index (χ0n) is 16.1. The van der Waals surface area contributed by atoms with Crippen molar-refractivity contribution in [2.45, 2.75) is 36.8 Å². The summed E-state index contributed by atoms with van der Waals surface area (Å²) in [5.41, 5.74) is 2.61. The molecule has 0 spiro atoms. The maximum atomic E-state index is 12.8. The lowest BCUT2D eigenvalue weighted by Crippen LogP contribution is -2.25. The standard InChI is InChI=1S/C20H20N4O3S2/c1-12-10-28-20(22-12)29-11-15-14-6-3-4-7-16(14)26-18(15)19(25)21-9-5-8-17-23-13(2)24-27-17/h3-4,6-7,10H,5,8-9,11H2,1-2H3,(H,21,25). The van der Waals surface area contributed by atoms with Gasteiger partial charge in [-0.05, 0) is 26.3 Å². The first kappa shape index (κ1) is 19.7. The van der Waals surface area contributed by atoms with E-state index in [2.05, 4.69) is 20.4 Å². The summed E-state index contributed by atoms with van der Waals surface area (Å²) >= 11 is 3.22. The fraction of sp³-hybridized carbons (Fsp3) is 0.300. The summed E-state index contributed by atoms with van der Waals surface area (Å²) in [5, 5.41) is 9.68. The molecule has 0 atom stereocenters. The first-order valence-electron chi connectivity index (χ1n) is 9.23. The molecular formula is C20H20N4O3S2. The quantitative estimate of drug-likeness (QED) is 0.325. The summed E-state index contributed by atoms with van der Waals surface area (Å²) in [7, 11) is 0. The topological polar surface area (TPSA) is 94.1 Å². The van der Waals surface area contributed by atoms with Gasteiger partial charge >= 0.3 is 0 Å². The number of fused-ring (bicyclic) bond motifs is 1. The molecule has 1 N–H and O–H groups in total. The van der Waals surface area contributed by atoms with E-state index >= 15 is 0 Å². The molecule has 0 bridgehead atoms. The fourth-order valence-electron chi connectivity index (χ4n) is 2.92. The molecule has 1 amide bonds. The van der Waals surface area contributed by atoms with Crippen molar-refractivity contribution in [3.8, 4) is 0 Å². The van der Waals surface area contributed by atoms with E-state index in [9.17, 15) is 4.79 Å². The van der Waals surface area contributed by atoms with Crippen LogP contribution >= 0.6 is 23.1 Å². The van der Waals surface area contributed by atoms with Gasteiger partial charge in [0.2, 0.25) is 5.89 Å². The SMILES string of the molecule is Cc1csc(SCc2c(C(=O)NCCCc3nc(C)no3)oc3ccccc23)n1. The number of aromatic nitrogens is 3. The highest BCUT2D eigenvalue weighted by molar-refractivity contribution is 8.00. The average molecular weight is 429 g/mol. The van der Waals surface area contributed by atoms with Crippen molar-refractivity contribution in [2.75, 3.05) is 6.54 Å². The molecule has 0 saturated carbocycles. The average Bonchev–Trinajstić information content (AvgIpc) is 3.42. The number of carbonyl (C=O) groups excluding carboxylic acids is 1. The van der Waals surface area contributed by atoms with Crippen LogP contribution in [0.25, 0.3) is 11.0 Å². The number of aryl methyl sites for hydroxylation is 3. The molecule has 0 aliphatic rings. The molecule has 0 saturated heterocycles. The van der Waals surface area contributed by atoms with Crippen LogP contribution in [0.15, 0.2) is 42.9 Å². The zero-order chi connectivity index (χ0) is 20.2. The second-order valence-electron chi connectivity index (χ2n) is 6.54. The van der Waals surface area contributed by atoms with Crippen molar-refractivity contribution >= 4 is 40.0 Å². The van der Waals surface area contributed by atoms with Gasteiger partial charge in [0.05, 0.1) is 0 Å². The number of hydrogen-bond donors (Lipinski definition) is 1. The summed E-state index contributed by atoms with van der Waals surface area (Å²) in [6, 6.07) is 7.72. The summed E-state index contributed by atoms with van der Waals surface area (Å²) in [6.45, 7) is 4.25. The minimum absolute atomic E-state index is 0.214. The number of carbonyl (C=O) groups is 1. The van der Waals surface area contributed by atoms with E-state index in [4.69, 9.17) is 8.94 Å². The number of hydrogen-bond acceptors (Lipinski definition) is 8. The first-order chi connectivity index (χ1) is 14.1. The summed E-state index contributed by atoms with van der Waals surface area (Å²) in [6.07, 6.45) is 1.32. The zero-order valence-corrected chi connectivity index (χ0v) is 17.7. The third-order valence-corrected chi connectivity index (χ3v) is 6.43. The lowest BCUT2D eigenvalue weighted by Gasteiger charge is -2.04.